The summed E-state index contributed by atoms with van der Waals surface area (Å²) in [6.45, 7) is 0. The van der Waals surface area contributed by atoms with Crippen LogP contribution in [0.1, 0.15) is 10.4 Å². The van der Waals surface area contributed by atoms with E-state index in [9.17, 15) is 9.59 Å². The van der Waals surface area contributed by atoms with Gasteiger partial charge >= 0.3 is 0 Å². The average molecular weight is 192 g/mol. The van der Waals surface area contributed by atoms with E-state index in [-0.39, 0.29) is 0 Å². The normalized spacial score (nSPS) is 9.57. The second kappa shape index (κ2) is 3.91. The van der Waals surface area contributed by atoms with Crippen LogP contribution in [0.3, 0.4) is 0 Å². The minimum absolute atomic E-state index is 0.338. The average Bonchev–Trinajstić information content (AvgIpc) is 2.16. The minimum atomic E-state index is -0.931. The fourth-order valence-corrected chi connectivity index (χ4v) is 1.19. The Morgan fingerprint density at radius 1 is 1.21 bits per heavy atom. The Labute approximate surface area is 82.3 Å². The van der Waals surface area contributed by atoms with Crippen molar-refractivity contribution >= 4 is 17.4 Å². The van der Waals surface area contributed by atoms with Gasteiger partial charge in [0.05, 0.1) is 5.56 Å². The lowest BCUT2D eigenvalue weighted by Gasteiger charge is -2.15. The molecule has 0 saturated carbocycles. The zero-order chi connectivity index (χ0) is 10.7. The lowest BCUT2D eigenvalue weighted by molar-refractivity contribution is -0.114. The van der Waals surface area contributed by atoms with Gasteiger partial charge in [-0.2, -0.15) is 0 Å². The molecule has 1 amide bonds. The topological polar surface area (TPSA) is 63.4 Å². The molecule has 4 heteroatoms. The van der Waals surface area contributed by atoms with Crippen LogP contribution in [0.25, 0.3) is 0 Å². The number of hydrogen-bond acceptors (Lipinski definition) is 3. The van der Waals surface area contributed by atoms with Gasteiger partial charge in [-0.1, -0.05) is 12.1 Å². The van der Waals surface area contributed by atoms with Crippen molar-refractivity contribution in [1.82, 2.24) is 0 Å². The van der Waals surface area contributed by atoms with Crippen molar-refractivity contribution in [1.29, 1.82) is 0 Å². The van der Waals surface area contributed by atoms with E-state index in [1.807, 2.05) is 0 Å². The highest BCUT2D eigenvalue weighted by molar-refractivity contribution is 6.43. The van der Waals surface area contributed by atoms with E-state index in [1.54, 1.807) is 43.3 Å². The van der Waals surface area contributed by atoms with Gasteiger partial charge in [-0.15, -0.1) is 0 Å². The van der Waals surface area contributed by atoms with Crippen LogP contribution in [0.2, 0.25) is 0 Å². The Balaban J connectivity index is 3.20. The lowest BCUT2D eigenvalue weighted by Crippen LogP contribution is -2.25. The molecule has 1 rings (SSSR count). The van der Waals surface area contributed by atoms with Crippen LogP contribution >= 0.6 is 0 Å². The number of primary amides is 1. The standard InChI is InChI=1S/C10H12N2O2/c1-12(2)8-6-4-3-5-7(8)9(13)10(11)14/h3-6H,1-2H3,(H2,11,14). The molecular formula is C10H12N2O2. The number of amides is 1. The molecule has 0 aliphatic rings. The Morgan fingerprint density at radius 2 is 1.79 bits per heavy atom. The van der Waals surface area contributed by atoms with E-state index >= 15 is 0 Å². The third-order valence-electron chi connectivity index (χ3n) is 1.85. The summed E-state index contributed by atoms with van der Waals surface area (Å²) in [6, 6.07) is 6.84. The Bertz CT molecular complexity index is 372. The number of nitrogens with two attached hydrogens (primary N) is 1. The van der Waals surface area contributed by atoms with Crippen LogP contribution in [-0.2, 0) is 4.79 Å². The molecule has 0 aliphatic heterocycles. The molecule has 1 aromatic rings. The van der Waals surface area contributed by atoms with E-state index in [0.717, 1.165) is 0 Å². The highest BCUT2D eigenvalue weighted by Crippen LogP contribution is 2.17. The molecule has 1 aromatic carbocycles. The van der Waals surface area contributed by atoms with Crippen LogP contribution in [0.15, 0.2) is 24.3 Å². The Kier molecular flexibility index (Phi) is 2.86. The number of hydrogen-bond donors (Lipinski definition) is 1. The van der Waals surface area contributed by atoms with Gasteiger partial charge in [-0.05, 0) is 12.1 Å². The first-order chi connectivity index (χ1) is 6.54. The van der Waals surface area contributed by atoms with Crippen molar-refractivity contribution < 1.29 is 9.59 Å². The number of carbonyl (C=O) groups excluding carboxylic acids is 2. The maximum Gasteiger partial charge on any atom is 0.289 e. The summed E-state index contributed by atoms with van der Waals surface area (Å²) in [7, 11) is 3.60. The van der Waals surface area contributed by atoms with Crippen molar-refractivity contribution in [3.8, 4) is 0 Å². The first-order valence-corrected chi connectivity index (χ1v) is 4.14. The lowest BCUT2D eigenvalue weighted by atomic mass is 10.1. The van der Waals surface area contributed by atoms with Gasteiger partial charge in [-0.25, -0.2) is 0 Å². The van der Waals surface area contributed by atoms with Crippen molar-refractivity contribution in [3.05, 3.63) is 29.8 Å². The van der Waals surface area contributed by atoms with Crippen molar-refractivity contribution in [2.45, 2.75) is 0 Å². The van der Waals surface area contributed by atoms with E-state index < -0.39 is 11.7 Å². The summed E-state index contributed by atoms with van der Waals surface area (Å²) in [4.78, 5) is 23.9. The van der Waals surface area contributed by atoms with Gasteiger partial charge in [0.25, 0.3) is 11.7 Å². The summed E-state index contributed by atoms with van der Waals surface area (Å²) < 4.78 is 0. The number of benzene rings is 1. The molecule has 14 heavy (non-hydrogen) atoms. The molecular weight excluding hydrogens is 180 g/mol. The molecule has 0 aromatic heterocycles. The molecule has 0 heterocycles. The quantitative estimate of drug-likeness (QED) is 0.557. The van der Waals surface area contributed by atoms with E-state index in [1.165, 1.54) is 0 Å². The molecule has 0 fully saturated rings. The molecule has 0 bridgehead atoms. The fraction of sp³-hybridized carbons (Fsp3) is 0.200. The molecule has 4 nitrogen and oxygen atoms in total. The number of nitrogens with zero attached hydrogens (tertiary/aromatic N) is 1. The predicted octanol–water partition coefficient (Wildman–Crippen LogP) is 0.421. The number of anilines is 1. The third kappa shape index (κ3) is 1.90. The van der Waals surface area contributed by atoms with Gasteiger partial charge in [0.2, 0.25) is 0 Å². The zero-order valence-electron chi connectivity index (χ0n) is 8.15. The molecule has 0 unspecified atom stereocenters. The highest BCUT2D eigenvalue weighted by atomic mass is 16.2. The number of rotatable bonds is 3. The van der Waals surface area contributed by atoms with E-state index in [2.05, 4.69) is 0 Å². The van der Waals surface area contributed by atoms with Crippen LogP contribution in [0.5, 0.6) is 0 Å². The summed E-state index contributed by atoms with van der Waals surface area (Å²) in [5, 5.41) is 0. The van der Waals surface area contributed by atoms with Crippen molar-refractivity contribution in [3.63, 3.8) is 0 Å². The molecule has 74 valence electrons. The SMILES string of the molecule is CN(C)c1ccccc1C(=O)C(N)=O. The van der Waals surface area contributed by atoms with Crippen LogP contribution in [-0.4, -0.2) is 25.8 Å². The second-order valence-electron chi connectivity index (χ2n) is 3.10. The smallest absolute Gasteiger partial charge is 0.289 e. The summed E-state index contributed by atoms with van der Waals surface area (Å²) in [5.74, 6) is -1.59. The maximum absolute atomic E-state index is 11.4. The minimum Gasteiger partial charge on any atom is -0.377 e. The number of para-hydroxylation sites is 1. The van der Waals surface area contributed by atoms with Gasteiger partial charge in [0.1, 0.15) is 0 Å². The molecule has 0 saturated heterocycles. The van der Waals surface area contributed by atoms with Crippen LogP contribution in [0, 0.1) is 0 Å². The first-order valence-electron chi connectivity index (χ1n) is 4.14. The highest BCUT2D eigenvalue weighted by Gasteiger charge is 2.16. The first kappa shape index (κ1) is 10.2. The van der Waals surface area contributed by atoms with Gasteiger partial charge in [0.15, 0.2) is 0 Å². The predicted molar refractivity (Wildman–Crippen MR) is 54.3 cm³/mol. The van der Waals surface area contributed by atoms with Gasteiger partial charge in [0, 0.05) is 19.8 Å². The largest absolute Gasteiger partial charge is 0.377 e. The third-order valence-corrected chi connectivity index (χ3v) is 1.85. The summed E-state index contributed by atoms with van der Waals surface area (Å²) in [5.41, 5.74) is 5.96. The molecule has 0 radical (unpaired) electrons. The zero-order valence-corrected chi connectivity index (χ0v) is 8.15. The summed E-state index contributed by atoms with van der Waals surface area (Å²) in [6.07, 6.45) is 0. The number of Topliss-reactive ketones (excluding diaryl/α,β-unsaturated/α-hetero) is 1. The maximum atomic E-state index is 11.4. The Morgan fingerprint density at radius 3 is 2.29 bits per heavy atom. The van der Waals surface area contributed by atoms with Crippen molar-refractivity contribution in [2.75, 3.05) is 19.0 Å². The monoisotopic (exact) mass is 192 g/mol. The van der Waals surface area contributed by atoms with E-state index in [4.69, 9.17) is 5.73 Å². The molecule has 0 spiro atoms. The van der Waals surface area contributed by atoms with Crippen LogP contribution in [0.4, 0.5) is 5.69 Å². The molecule has 2 N–H and O–H groups in total. The fourth-order valence-electron chi connectivity index (χ4n) is 1.19. The number of ketones is 1. The Hall–Kier alpha value is -1.84. The summed E-state index contributed by atoms with van der Waals surface area (Å²) >= 11 is 0. The van der Waals surface area contributed by atoms with E-state index in [0.29, 0.717) is 11.3 Å². The van der Waals surface area contributed by atoms with Crippen LogP contribution < -0.4 is 10.6 Å². The number of carbonyl (C=O) groups is 2. The molecule has 0 atom stereocenters. The van der Waals surface area contributed by atoms with Gasteiger partial charge < -0.3 is 10.6 Å². The second-order valence-corrected chi connectivity index (χ2v) is 3.10. The van der Waals surface area contributed by atoms with Crippen molar-refractivity contribution in [2.24, 2.45) is 5.73 Å². The van der Waals surface area contributed by atoms with Gasteiger partial charge in [-0.3, -0.25) is 9.59 Å². The molecule has 0 aliphatic carbocycles.